The van der Waals surface area contributed by atoms with Crippen molar-refractivity contribution < 1.29 is 19.4 Å². The van der Waals surface area contributed by atoms with Gasteiger partial charge in [-0.1, -0.05) is 11.6 Å². The molecule has 2 N–H and O–H groups in total. The van der Waals surface area contributed by atoms with Crippen molar-refractivity contribution in [2.75, 3.05) is 18.4 Å². The summed E-state index contributed by atoms with van der Waals surface area (Å²) in [4.78, 5) is 26.3. The molecule has 6 nitrogen and oxygen atoms in total. The quantitative estimate of drug-likeness (QED) is 0.645. The standard InChI is InChI=1S/C17H21ClN2O4/c1-10-8-14(17(23)24-10)20-6-4-11(5-7-20)16(22)19-13-9-12(18)2-3-15(13)21/h2-3,9-11,14,21H,4-8H2,1H3,(H,19,22)/t10-,14-/m1/s1. The number of esters is 1. The van der Waals surface area contributed by atoms with Crippen molar-refractivity contribution in [1.82, 2.24) is 4.90 Å². The minimum Gasteiger partial charge on any atom is -0.506 e. The lowest BCUT2D eigenvalue weighted by Gasteiger charge is -2.33. The Hall–Kier alpha value is -1.79. The highest BCUT2D eigenvalue weighted by molar-refractivity contribution is 6.31. The van der Waals surface area contributed by atoms with Crippen molar-refractivity contribution in [1.29, 1.82) is 0 Å². The predicted octanol–water partition coefficient (Wildman–Crippen LogP) is 2.40. The van der Waals surface area contributed by atoms with Gasteiger partial charge in [-0.05, 0) is 51.1 Å². The summed E-state index contributed by atoms with van der Waals surface area (Å²) in [5.41, 5.74) is 0.322. The molecule has 0 radical (unpaired) electrons. The topological polar surface area (TPSA) is 78.9 Å². The fraction of sp³-hybridized carbons (Fsp3) is 0.529. The number of carbonyl (C=O) groups is 2. The molecular weight excluding hydrogens is 332 g/mol. The number of piperidine rings is 1. The Bertz CT molecular complexity index is 643. The number of rotatable bonds is 3. The van der Waals surface area contributed by atoms with E-state index in [1.807, 2.05) is 6.92 Å². The number of carbonyl (C=O) groups excluding carboxylic acids is 2. The molecule has 2 aliphatic rings. The lowest BCUT2D eigenvalue weighted by atomic mass is 9.94. The number of hydrogen-bond donors (Lipinski definition) is 2. The van der Waals surface area contributed by atoms with Gasteiger partial charge in [0.2, 0.25) is 5.91 Å². The molecule has 7 heteroatoms. The molecule has 2 saturated heterocycles. The minimum absolute atomic E-state index is 0.00660. The van der Waals surface area contributed by atoms with E-state index in [1.54, 1.807) is 6.07 Å². The van der Waals surface area contributed by atoms with E-state index in [0.717, 1.165) is 0 Å². The summed E-state index contributed by atoms with van der Waals surface area (Å²) in [6, 6.07) is 4.36. The van der Waals surface area contributed by atoms with Crippen LogP contribution in [0.2, 0.25) is 5.02 Å². The van der Waals surface area contributed by atoms with Crippen LogP contribution in [0.25, 0.3) is 0 Å². The highest BCUT2D eigenvalue weighted by atomic mass is 35.5. The number of halogens is 1. The predicted molar refractivity (Wildman–Crippen MR) is 90.0 cm³/mol. The largest absolute Gasteiger partial charge is 0.506 e. The first-order chi connectivity index (χ1) is 11.4. The molecule has 2 fully saturated rings. The number of amides is 1. The maximum atomic E-state index is 12.4. The summed E-state index contributed by atoms with van der Waals surface area (Å²) >= 11 is 5.89. The SMILES string of the molecule is C[C@@H]1C[C@@H](N2CCC(C(=O)Nc3cc(Cl)ccc3O)CC2)C(=O)O1. The third kappa shape index (κ3) is 3.65. The molecule has 0 aromatic heterocycles. The van der Waals surface area contributed by atoms with Crippen molar-refractivity contribution in [3.63, 3.8) is 0 Å². The number of phenols is 1. The normalized spacial score (nSPS) is 25.5. The number of nitrogens with zero attached hydrogens (tertiary/aromatic N) is 1. The van der Waals surface area contributed by atoms with Crippen LogP contribution >= 0.6 is 11.6 Å². The smallest absolute Gasteiger partial charge is 0.323 e. The molecule has 2 atom stereocenters. The summed E-state index contributed by atoms with van der Waals surface area (Å²) in [5.74, 6) is -0.439. The number of cyclic esters (lactones) is 1. The van der Waals surface area contributed by atoms with Crippen molar-refractivity contribution in [2.45, 2.75) is 38.3 Å². The molecule has 24 heavy (non-hydrogen) atoms. The Morgan fingerprint density at radius 1 is 1.38 bits per heavy atom. The molecule has 3 rings (SSSR count). The van der Waals surface area contributed by atoms with E-state index in [4.69, 9.17) is 16.3 Å². The van der Waals surface area contributed by atoms with E-state index in [1.165, 1.54) is 12.1 Å². The van der Waals surface area contributed by atoms with Crippen molar-refractivity contribution in [3.8, 4) is 5.75 Å². The van der Waals surface area contributed by atoms with Crippen LogP contribution in [-0.2, 0) is 14.3 Å². The summed E-state index contributed by atoms with van der Waals surface area (Å²) < 4.78 is 5.20. The monoisotopic (exact) mass is 352 g/mol. The van der Waals surface area contributed by atoms with Crippen molar-refractivity contribution >= 4 is 29.2 Å². The summed E-state index contributed by atoms with van der Waals surface area (Å²) in [7, 11) is 0. The maximum Gasteiger partial charge on any atom is 0.323 e. The lowest BCUT2D eigenvalue weighted by molar-refractivity contribution is -0.145. The van der Waals surface area contributed by atoms with Crippen LogP contribution in [0.3, 0.4) is 0 Å². The van der Waals surface area contributed by atoms with Gasteiger partial charge in [-0.25, -0.2) is 0 Å². The number of hydrogen-bond acceptors (Lipinski definition) is 5. The van der Waals surface area contributed by atoms with Crippen molar-refractivity contribution in [3.05, 3.63) is 23.2 Å². The van der Waals surface area contributed by atoms with Gasteiger partial charge in [-0.2, -0.15) is 0 Å². The molecule has 2 aliphatic heterocycles. The Morgan fingerprint density at radius 2 is 2.08 bits per heavy atom. The molecule has 0 saturated carbocycles. The zero-order chi connectivity index (χ0) is 17.3. The van der Waals surface area contributed by atoms with Gasteiger partial charge in [0, 0.05) is 17.4 Å². The number of likely N-dealkylation sites (tertiary alicyclic amines) is 1. The highest BCUT2D eigenvalue weighted by Crippen LogP contribution is 2.29. The number of phenolic OH excluding ortho intramolecular Hbond substituents is 1. The van der Waals surface area contributed by atoms with Gasteiger partial charge in [0.05, 0.1) is 5.69 Å². The van der Waals surface area contributed by atoms with Gasteiger partial charge in [-0.3, -0.25) is 14.5 Å². The van der Waals surface area contributed by atoms with Gasteiger partial charge >= 0.3 is 5.97 Å². The average Bonchev–Trinajstić information content (AvgIpc) is 2.89. The zero-order valence-electron chi connectivity index (χ0n) is 13.5. The fourth-order valence-electron chi connectivity index (χ4n) is 3.35. The van der Waals surface area contributed by atoms with Crippen molar-refractivity contribution in [2.24, 2.45) is 5.92 Å². The van der Waals surface area contributed by atoms with Crippen LogP contribution < -0.4 is 5.32 Å². The van der Waals surface area contributed by atoms with Gasteiger partial charge in [-0.15, -0.1) is 0 Å². The molecule has 0 bridgehead atoms. The molecule has 0 spiro atoms. The molecule has 1 aromatic carbocycles. The summed E-state index contributed by atoms with van der Waals surface area (Å²) in [5, 5.41) is 13.0. The number of ether oxygens (including phenoxy) is 1. The molecule has 2 heterocycles. The Kier molecular flexibility index (Phi) is 4.96. The maximum absolute atomic E-state index is 12.4. The van der Waals surface area contributed by atoms with Gasteiger partial charge in [0.25, 0.3) is 0 Å². The first kappa shape index (κ1) is 17.0. The third-order valence-corrected chi connectivity index (χ3v) is 4.94. The molecule has 0 unspecified atom stereocenters. The van der Waals surface area contributed by atoms with E-state index in [-0.39, 0.29) is 35.7 Å². The first-order valence-electron chi connectivity index (χ1n) is 8.18. The van der Waals surface area contributed by atoms with Crippen LogP contribution in [0.5, 0.6) is 5.75 Å². The van der Waals surface area contributed by atoms with Crippen LogP contribution in [-0.4, -0.2) is 47.1 Å². The molecule has 130 valence electrons. The first-order valence-corrected chi connectivity index (χ1v) is 8.56. The number of benzene rings is 1. The van der Waals surface area contributed by atoms with Gasteiger partial charge < -0.3 is 15.2 Å². The second-order valence-corrected chi connectivity index (χ2v) is 6.90. The van der Waals surface area contributed by atoms with E-state index >= 15 is 0 Å². The molecule has 1 aromatic rings. The second kappa shape index (κ2) is 6.99. The Morgan fingerprint density at radius 3 is 2.71 bits per heavy atom. The summed E-state index contributed by atoms with van der Waals surface area (Å²) in [6.07, 6.45) is 2.03. The molecular formula is C17H21ClN2O4. The minimum atomic E-state index is -0.180. The number of nitrogens with one attached hydrogen (secondary N) is 1. The zero-order valence-corrected chi connectivity index (χ0v) is 14.3. The number of anilines is 1. The van der Waals surface area contributed by atoms with E-state index in [9.17, 15) is 14.7 Å². The lowest BCUT2D eigenvalue weighted by Crippen LogP contribution is -2.45. The fourth-order valence-corrected chi connectivity index (χ4v) is 3.52. The van der Waals surface area contributed by atoms with Crippen LogP contribution in [0.4, 0.5) is 5.69 Å². The van der Waals surface area contributed by atoms with Crippen LogP contribution in [0.15, 0.2) is 18.2 Å². The summed E-state index contributed by atoms with van der Waals surface area (Å²) in [6.45, 7) is 3.27. The molecule has 1 amide bonds. The molecule has 0 aliphatic carbocycles. The second-order valence-electron chi connectivity index (χ2n) is 6.46. The highest BCUT2D eigenvalue weighted by Gasteiger charge is 2.38. The Balaban J connectivity index is 1.55. The van der Waals surface area contributed by atoms with Crippen LogP contribution in [0.1, 0.15) is 26.2 Å². The van der Waals surface area contributed by atoms with E-state index < -0.39 is 0 Å². The van der Waals surface area contributed by atoms with Gasteiger partial charge in [0.15, 0.2) is 0 Å². The van der Waals surface area contributed by atoms with Gasteiger partial charge in [0.1, 0.15) is 17.9 Å². The third-order valence-electron chi connectivity index (χ3n) is 4.70. The van der Waals surface area contributed by atoms with Crippen LogP contribution in [0, 0.1) is 5.92 Å². The van der Waals surface area contributed by atoms with E-state index in [2.05, 4.69) is 10.2 Å². The van der Waals surface area contributed by atoms with E-state index in [0.29, 0.717) is 43.1 Å². The average molecular weight is 353 g/mol. The number of aromatic hydroxyl groups is 1. The Labute approximate surface area is 145 Å².